The van der Waals surface area contributed by atoms with E-state index in [1.54, 1.807) is 0 Å². The van der Waals surface area contributed by atoms with Crippen molar-refractivity contribution in [1.29, 1.82) is 0 Å². The SMILES string of the molecule is C/C(=N/NC(=O)[C@H]1C[C@H]1c1ccccc1)c1ccc(N)cc1. The van der Waals surface area contributed by atoms with Crippen LogP contribution in [0.5, 0.6) is 0 Å². The van der Waals surface area contributed by atoms with E-state index < -0.39 is 0 Å². The molecule has 0 bridgehead atoms. The fourth-order valence-corrected chi connectivity index (χ4v) is 2.56. The number of hydrogen-bond acceptors (Lipinski definition) is 3. The van der Waals surface area contributed by atoms with Crippen LogP contribution in [0.15, 0.2) is 59.7 Å². The highest BCUT2D eigenvalue weighted by atomic mass is 16.2. The molecule has 1 amide bonds. The first-order chi connectivity index (χ1) is 10.6. The number of nitrogens with two attached hydrogens (primary N) is 1. The maximum absolute atomic E-state index is 12.1. The Labute approximate surface area is 130 Å². The summed E-state index contributed by atoms with van der Waals surface area (Å²) in [5.74, 6) is 0.349. The number of nitrogens with one attached hydrogen (secondary N) is 1. The Morgan fingerprint density at radius 2 is 1.82 bits per heavy atom. The summed E-state index contributed by atoms with van der Waals surface area (Å²) < 4.78 is 0. The van der Waals surface area contributed by atoms with Gasteiger partial charge in [-0.15, -0.1) is 0 Å². The van der Waals surface area contributed by atoms with Crippen LogP contribution in [0.3, 0.4) is 0 Å². The topological polar surface area (TPSA) is 67.5 Å². The monoisotopic (exact) mass is 293 g/mol. The fourth-order valence-electron chi connectivity index (χ4n) is 2.56. The third-order valence-electron chi connectivity index (χ3n) is 4.02. The molecule has 0 unspecified atom stereocenters. The van der Waals surface area contributed by atoms with Crippen molar-refractivity contribution >= 4 is 17.3 Å². The molecule has 1 fully saturated rings. The van der Waals surface area contributed by atoms with Gasteiger partial charge in [0, 0.05) is 11.6 Å². The van der Waals surface area contributed by atoms with Gasteiger partial charge >= 0.3 is 0 Å². The summed E-state index contributed by atoms with van der Waals surface area (Å²) in [5.41, 5.74) is 12.0. The molecule has 1 aliphatic rings. The van der Waals surface area contributed by atoms with Gasteiger partial charge in [0.15, 0.2) is 0 Å². The number of hydrogen-bond donors (Lipinski definition) is 2. The Bertz CT molecular complexity index is 692. The first kappa shape index (κ1) is 14.3. The van der Waals surface area contributed by atoms with Gasteiger partial charge in [-0.25, -0.2) is 5.43 Å². The molecular weight excluding hydrogens is 274 g/mol. The highest BCUT2D eigenvalue weighted by Gasteiger charge is 2.43. The lowest BCUT2D eigenvalue weighted by Gasteiger charge is -2.03. The Morgan fingerprint density at radius 3 is 2.50 bits per heavy atom. The molecule has 4 nitrogen and oxygen atoms in total. The van der Waals surface area contributed by atoms with Crippen LogP contribution in [0.1, 0.15) is 30.4 Å². The molecule has 3 rings (SSSR count). The van der Waals surface area contributed by atoms with E-state index in [0.717, 1.165) is 17.7 Å². The molecule has 2 aromatic rings. The highest BCUT2D eigenvalue weighted by Crippen LogP contribution is 2.47. The van der Waals surface area contributed by atoms with Crippen molar-refractivity contribution in [2.45, 2.75) is 19.3 Å². The van der Waals surface area contributed by atoms with Crippen LogP contribution >= 0.6 is 0 Å². The lowest BCUT2D eigenvalue weighted by molar-refractivity contribution is -0.122. The van der Waals surface area contributed by atoms with E-state index in [-0.39, 0.29) is 11.8 Å². The van der Waals surface area contributed by atoms with E-state index in [2.05, 4.69) is 22.7 Å². The largest absolute Gasteiger partial charge is 0.399 e. The quantitative estimate of drug-likeness (QED) is 0.517. The predicted molar refractivity (Wildman–Crippen MR) is 88.5 cm³/mol. The van der Waals surface area contributed by atoms with Crippen LogP contribution in [0.2, 0.25) is 0 Å². The standard InChI is InChI=1S/C18H19N3O/c1-12(13-7-9-15(19)10-8-13)20-21-18(22)17-11-16(17)14-5-3-2-4-6-14/h2-10,16-17H,11,19H2,1H3,(H,21,22)/b20-12-/t16-,17-/m0/s1. The second kappa shape index (κ2) is 6.02. The minimum atomic E-state index is -0.0105. The minimum Gasteiger partial charge on any atom is -0.399 e. The normalized spacial score (nSPS) is 20.5. The van der Waals surface area contributed by atoms with Gasteiger partial charge in [0.05, 0.1) is 5.71 Å². The molecular formula is C18H19N3O. The van der Waals surface area contributed by atoms with E-state index in [4.69, 9.17) is 5.73 Å². The average Bonchev–Trinajstić information content (AvgIpc) is 3.34. The van der Waals surface area contributed by atoms with E-state index >= 15 is 0 Å². The molecule has 0 saturated heterocycles. The van der Waals surface area contributed by atoms with Gasteiger partial charge in [-0.1, -0.05) is 42.5 Å². The molecule has 1 aliphatic carbocycles. The summed E-state index contributed by atoms with van der Waals surface area (Å²) in [6, 6.07) is 17.6. The van der Waals surface area contributed by atoms with Gasteiger partial charge in [-0.05, 0) is 42.5 Å². The molecule has 112 valence electrons. The molecule has 0 aromatic heterocycles. The van der Waals surface area contributed by atoms with Crippen LogP contribution in [-0.4, -0.2) is 11.6 Å². The van der Waals surface area contributed by atoms with Crippen molar-refractivity contribution in [3.05, 3.63) is 65.7 Å². The van der Waals surface area contributed by atoms with E-state index in [9.17, 15) is 4.79 Å². The minimum absolute atomic E-state index is 0.0105. The number of carbonyl (C=O) groups excluding carboxylic acids is 1. The maximum atomic E-state index is 12.1. The fraction of sp³-hybridized carbons (Fsp3) is 0.222. The van der Waals surface area contributed by atoms with Crippen LogP contribution in [0, 0.1) is 5.92 Å². The van der Waals surface area contributed by atoms with Gasteiger partial charge in [-0.2, -0.15) is 5.10 Å². The maximum Gasteiger partial charge on any atom is 0.243 e. The Kier molecular flexibility index (Phi) is 3.92. The van der Waals surface area contributed by atoms with Gasteiger partial charge in [0.2, 0.25) is 5.91 Å². The number of hydrazone groups is 1. The lowest BCUT2D eigenvalue weighted by Crippen LogP contribution is -2.21. The number of carbonyl (C=O) groups is 1. The van der Waals surface area contributed by atoms with Crippen molar-refractivity contribution < 1.29 is 4.79 Å². The number of nitrogens with zero attached hydrogens (tertiary/aromatic N) is 1. The van der Waals surface area contributed by atoms with E-state index in [1.807, 2.05) is 49.4 Å². The molecule has 0 heterocycles. The molecule has 2 aromatic carbocycles. The zero-order valence-corrected chi connectivity index (χ0v) is 12.5. The van der Waals surface area contributed by atoms with Crippen molar-refractivity contribution in [3.63, 3.8) is 0 Å². The third kappa shape index (κ3) is 3.17. The van der Waals surface area contributed by atoms with E-state index in [1.165, 1.54) is 5.56 Å². The predicted octanol–water partition coefficient (Wildman–Crippen LogP) is 2.91. The van der Waals surface area contributed by atoms with Crippen molar-refractivity contribution in [2.75, 3.05) is 5.73 Å². The summed E-state index contributed by atoms with van der Waals surface area (Å²) in [6.07, 6.45) is 0.895. The average molecular weight is 293 g/mol. The Morgan fingerprint density at radius 1 is 1.14 bits per heavy atom. The molecule has 3 N–H and O–H groups in total. The Hall–Kier alpha value is -2.62. The molecule has 4 heteroatoms. The number of benzene rings is 2. The summed E-state index contributed by atoms with van der Waals surface area (Å²) in [7, 11) is 0. The number of anilines is 1. The zero-order chi connectivity index (χ0) is 15.5. The first-order valence-electron chi connectivity index (χ1n) is 7.40. The number of nitrogen functional groups attached to an aromatic ring is 1. The van der Waals surface area contributed by atoms with Crippen LogP contribution in [0.4, 0.5) is 5.69 Å². The summed E-state index contributed by atoms with van der Waals surface area (Å²) in [5, 5.41) is 4.19. The summed E-state index contributed by atoms with van der Waals surface area (Å²) in [6.45, 7) is 1.87. The van der Waals surface area contributed by atoms with Gasteiger partial charge in [0.25, 0.3) is 0 Å². The molecule has 0 radical (unpaired) electrons. The molecule has 22 heavy (non-hydrogen) atoms. The zero-order valence-electron chi connectivity index (χ0n) is 12.5. The van der Waals surface area contributed by atoms with Crippen molar-refractivity contribution in [3.8, 4) is 0 Å². The lowest BCUT2D eigenvalue weighted by atomic mass is 10.1. The molecule has 1 saturated carbocycles. The van der Waals surface area contributed by atoms with Crippen molar-refractivity contribution in [1.82, 2.24) is 5.43 Å². The Balaban J connectivity index is 1.59. The van der Waals surface area contributed by atoms with E-state index in [0.29, 0.717) is 11.6 Å². The second-order valence-electron chi connectivity index (χ2n) is 5.65. The highest BCUT2D eigenvalue weighted by molar-refractivity contribution is 5.99. The van der Waals surface area contributed by atoms with Crippen LogP contribution in [0.25, 0.3) is 0 Å². The van der Waals surface area contributed by atoms with Crippen molar-refractivity contribution in [2.24, 2.45) is 11.0 Å². The third-order valence-corrected chi connectivity index (χ3v) is 4.02. The van der Waals surface area contributed by atoms with Gasteiger partial charge in [-0.3, -0.25) is 4.79 Å². The number of rotatable bonds is 4. The van der Waals surface area contributed by atoms with Gasteiger partial charge < -0.3 is 5.73 Å². The molecule has 0 aliphatic heterocycles. The van der Waals surface area contributed by atoms with Crippen LogP contribution < -0.4 is 11.2 Å². The van der Waals surface area contributed by atoms with Gasteiger partial charge in [0.1, 0.15) is 0 Å². The molecule has 0 spiro atoms. The number of amides is 1. The first-order valence-corrected chi connectivity index (χ1v) is 7.40. The van der Waals surface area contributed by atoms with Crippen LogP contribution in [-0.2, 0) is 4.79 Å². The second-order valence-corrected chi connectivity index (χ2v) is 5.65. The summed E-state index contributed by atoms with van der Waals surface area (Å²) in [4.78, 5) is 12.1. The summed E-state index contributed by atoms with van der Waals surface area (Å²) >= 11 is 0. The smallest absolute Gasteiger partial charge is 0.243 e. The molecule has 2 atom stereocenters.